The monoisotopic (exact) mass is 198 g/mol. The average molecular weight is 198 g/mol. The van der Waals surface area contributed by atoms with Crippen molar-refractivity contribution in [3.05, 3.63) is 25.3 Å². The molecule has 1 N–H and O–H groups in total. The highest BCUT2D eigenvalue weighted by atomic mass is 16.4. The molecular formula is C12H22O2. The summed E-state index contributed by atoms with van der Waals surface area (Å²) in [7, 11) is 0. The topological polar surface area (TPSA) is 37.3 Å². The van der Waals surface area contributed by atoms with E-state index in [2.05, 4.69) is 20.1 Å². The van der Waals surface area contributed by atoms with E-state index in [4.69, 9.17) is 9.90 Å². The minimum atomic E-state index is -0.833. The van der Waals surface area contributed by atoms with Gasteiger partial charge in [-0.15, -0.1) is 13.2 Å². The molecule has 0 amide bonds. The van der Waals surface area contributed by atoms with E-state index >= 15 is 0 Å². The predicted molar refractivity (Wildman–Crippen MR) is 61.3 cm³/mol. The maximum absolute atomic E-state index is 9.00. The third-order valence-corrected chi connectivity index (χ3v) is 1.70. The lowest BCUT2D eigenvalue weighted by atomic mass is 9.96. The van der Waals surface area contributed by atoms with Gasteiger partial charge < -0.3 is 5.11 Å². The van der Waals surface area contributed by atoms with Crippen molar-refractivity contribution >= 4 is 5.97 Å². The maximum Gasteiger partial charge on any atom is 0.300 e. The molecule has 0 atom stereocenters. The standard InChI is InChI=1S/C10H18.C2H4O2/c1-4-7-10(8-5-2)9-6-3;1-2(3)4/h4-5,10H,1-2,6-9H2,3H3;1H3,(H,3,4). The summed E-state index contributed by atoms with van der Waals surface area (Å²) < 4.78 is 0. The van der Waals surface area contributed by atoms with Crippen molar-refractivity contribution in [1.82, 2.24) is 0 Å². The molecule has 2 heteroatoms. The zero-order valence-electron chi connectivity index (χ0n) is 9.33. The first-order valence-electron chi connectivity index (χ1n) is 4.99. The first-order chi connectivity index (χ1) is 6.58. The van der Waals surface area contributed by atoms with E-state index < -0.39 is 5.97 Å². The lowest BCUT2D eigenvalue weighted by molar-refractivity contribution is -0.134. The second-order valence-corrected chi connectivity index (χ2v) is 3.22. The Hall–Kier alpha value is -1.05. The molecule has 0 spiro atoms. The minimum Gasteiger partial charge on any atom is -0.481 e. The second-order valence-electron chi connectivity index (χ2n) is 3.22. The van der Waals surface area contributed by atoms with Gasteiger partial charge in [-0.2, -0.15) is 0 Å². The van der Waals surface area contributed by atoms with Gasteiger partial charge in [0.05, 0.1) is 0 Å². The van der Waals surface area contributed by atoms with Crippen LogP contribution in [0.3, 0.4) is 0 Å². The number of hydrogen-bond donors (Lipinski definition) is 1. The normalized spacial score (nSPS) is 8.79. The molecule has 0 heterocycles. The van der Waals surface area contributed by atoms with E-state index in [9.17, 15) is 0 Å². The highest BCUT2D eigenvalue weighted by Crippen LogP contribution is 2.15. The second kappa shape index (κ2) is 11.9. The molecule has 0 aliphatic heterocycles. The quantitative estimate of drug-likeness (QED) is 0.661. The van der Waals surface area contributed by atoms with Crippen molar-refractivity contribution in [3.8, 4) is 0 Å². The van der Waals surface area contributed by atoms with Crippen molar-refractivity contribution in [1.29, 1.82) is 0 Å². The van der Waals surface area contributed by atoms with Crippen molar-refractivity contribution in [2.75, 3.05) is 0 Å². The van der Waals surface area contributed by atoms with E-state index in [1.807, 2.05) is 12.2 Å². The van der Waals surface area contributed by atoms with Crippen LogP contribution in [0.2, 0.25) is 0 Å². The van der Waals surface area contributed by atoms with Gasteiger partial charge >= 0.3 is 0 Å². The number of hydrogen-bond acceptors (Lipinski definition) is 1. The van der Waals surface area contributed by atoms with E-state index in [0.29, 0.717) is 0 Å². The fraction of sp³-hybridized carbons (Fsp3) is 0.583. The van der Waals surface area contributed by atoms with Crippen LogP contribution in [0.25, 0.3) is 0 Å². The summed E-state index contributed by atoms with van der Waals surface area (Å²) in [5.41, 5.74) is 0. The molecule has 0 aliphatic carbocycles. The van der Waals surface area contributed by atoms with Crippen molar-refractivity contribution in [3.63, 3.8) is 0 Å². The lowest BCUT2D eigenvalue weighted by Crippen LogP contribution is -1.95. The van der Waals surface area contributed by atoms with Crippen LogP contribution in [-0.4, -0.2) is 11.1 Å². The number of carboxylic acid groups (broad SMARTS) is 1. The third-order valence-electron chi connectivity index (χ3n) is 1.70. The highest BCUT2D eigenvalue weighted by Gasteiger charge is 2.01. The minimum absolute atomic E-state index is 0.792. The number of aliphatic carboxylic acids is 1. The Bertz CT molecular complexity index is 148. The summed E-state index contributed by atoms with van der Waals surface area (Å²) in [6.07, 6.45) is 8.86. The molecule has 0 rings (SSSR count). The van der Waals surface area contributed by atoms with Gasteiger partial charge in [0.15, 0.2) is 0 Å². The molecule has 0 aromatic heterocycles. The molecule has 0 bridgehead atoms. The average Bonchev–Trinajstić information content (AvgIpc) is 2.04. The molecule has 0 unspecified atom stereocenters. The molecular weight excluding hydrogens is 176 g/mol. The van der Waals surface area contributed by atoms with Crippen molar-refractivity contribution < 1.29 is 9.90 Å². The zero-order chi connectivity index (χ0) is 11.4. The molecule has 0 aromatic rings. The van der Waals surface area contributed by atoms with Gasteiger partial charge in [0.2, 0.25) is 0 Å². The highest BCUT2D eigenvalue weighted by molar-refractivity contribution is 5.62. The van der Waals surface area contributed by atoms with Crippen LogP contribution >= 0.6 is 0 Å². The molecule has 0 fully saturated rings. The van der Waals surface area contributed by atoms with Gasteiger partial charge in [0.1, 0.15) is 0 Å². The summed E-state index contributed by atoms with van der Waals surface area (Å²) in [5.74, 6) is -0.0417. The Labute approximate surface area is 87.3 Å². The van der Waals surface area contributed by atoms with Gasteiger partial charge in [0, 0.05) is 6.92 Å². The van der Waals surface area contributed by atoms with E-state index in [1.165, 1.54) is 12.8 Å². The first kappa shape index (κ1) is 15.4. The van der Waals surface area contributed by atoms with Crippen LogP contribution in [-0.2, 0) is 4.79 Å². The molecule has 0 saturated carbocycles. The van der Waals surface area contributed by atoms with Gasteiger partial charge in [-0.25, -0.2) is 0 Å². The first-order valence-corrected chi connectivity index (χ1v) is 4.99. The Morgan fingerprint density at radius 3 is 1.93 bits per heavy atom. The summed E-state index contributed by atoms with van der Waals surface area (Å²) in [5, 5.41) is 7.42. The lowest BCUT2D eigenvalue weighted by Gasteiger charge is -2.09. The van der Waals surface area contributed by atoms with Crippen LogP contribution in [0.5, 0.6) is 0 Å². The summed E-state index contributed by atoms with van der Waals surface area (Å²) >= 11 is 0. The van der Waals surface area contributed by atoms with Gasteiger partial charge in [-0.1, -0.05) is 31.9 Å². The SMILES string of the molecule is C=CCC(CC=C)CCC.CC(=O)O. The van der Waals surface area contributed by atoms with E-state index in [1.54, 1.807) is 0 Å². The Kier molecular flexibility index (Phi) is 13.2. The summed E-state index contributed by atoms with van der Waals surface area (Å²) in [6, 6.07) is 0. The van der Waals surface area contributed by atoms with Crippen LogP contribution in [0.15, 0.2) is 25.3 Å². The third kappa shape index (κ3) is 17.2. The molecule has 0 aliphatic rings. The fourth-order valence-corrected chi connectivity index (χ4v) is 1.21. The number of rotatable bonds is 6. The van der Waals surface area contributed by atoms with E-state index in [-0.39, 0.29) is 0 Å². The van der Waals surface area contributed by atoms with Crippen LogP contribution < -0.4 is 0 Å². The van der Waals surface area contributed by atoms with Gasteiger partial charge in [-0.05, 0) is 18.8 Å². The Morgan fingerprint density at radius 2 is 1.71 bits per heavy atom. The Balaban J connectivity index is 0. The van der Waals surface area contributed by atoms with E-state index in [0.717, 1.165) is 25.7 Å². The van der Waals surface area contributed by atoms with Crippen molar-refractivity contribution in [2.45, 2.75) is 39.5 Å². The maximum atomic E-state index is 9.00. The molecule has 0 aromatic carbocycles. The molecule has 0 radical (unpaired) electrons. The van der Waals surface area contributed by atoms with Crippen molar-refractivity contribution in [2.24, 2.45) is 5.92 Å². The van der Waals surface area contributed by atoms with Gasteiger partial charge in [-0.3, -0.25) is 4.79 Å². The van der Waals surface area contributed by atoms with Crippen LogP contribution in [0.4, 0.5) is 0 Å². The zero-order valence-corrected chi connectivity index (χ0v) is 9.33. The fourth-order valence-electron chi connectivity index (χ4n) is 1.21. The number of carboxylic acids is 1. The summed E-state index contributed by atoms with van der Waals surface area (Å²) in [4.78, 5) is 9.00. The summed E-state index contributed by atoms with van der Waals surface area (Å²) in [6.45, 7) is 10.8. The molecule has 14 heavy (non-hydrogen) atoms. The molecule has 0 saturated heterocycles. The van der Waals surface area contributed by atoms with Gasteiger partial charge in [0.25, 0.3) is 5.97 Å². The van der Waals surface area contributed by atoms with Crippen LogP contribution in [0.1, 0.15) is 39.5 Å². The molecule has 82 valence electrons. The molecule has 2 nitrogen and oxygen atoms in total. The van der Waals surface area contributed by atoms with Crippen LogP contribution in [0, 0.1) is 5.92 Å². The number of carbonyl (C=O) groups is 1. The predicted octanol–water partition coefficient (Wildman–Crippen LogP) is 3.65. The Morgan fingerprint density at radius 1 is 1.36 bits per heavy atom. The number of allylic oxidation sites excluding steroid dienone is 2. The smallest absolute Gasteiger partial charge is 0.300 e. The largest absolute Gasteiger partial charge is 0.481 e.